The van der Waals surface area contributed by atoms with Gasteiger partial charge in [-0.1, -0.05) is 29.3 Å². The first-order valence-electron chi connectivity index (χ1n) is 9.00. The molecule has 1 aliphatic heterocycles. The molecule has 1 aliphatic rings. The van der Waals surface area contributed by atoms with Crippen LogP contribution in [0.1, 0.15) is 29.5 Å². The van der Waals surface area contributed by atoms with Gasteiger partial charge < -0.3 is 0 Å². The number of aromatic nitrogens is 2. The van der Waals surface area contributed by atoms with Crippen molar-refractivity contribution in [3.05, 3.63) is 47.2 Å². The lowest BCUT2D eigenvalue weighted by Crippen LogP contribution is -2.54. The van der Waals surface area contributed by atoms with E-state index < -0.39 is 16.1 Å². The van der Waals surface area contributed by atoms with Crippen LogP contribution < -0.4 is 4.90 Å². The summed E-state index contributed by atoms with van der Waals surface area (Å²) in [6.45, 7) is 4.72. The topological polar surface area (TPSA) is 75.5 Å². The lowest BCUT2D eigenvalue weighted by molar-refractivity contribution is -0.123. The van der Waals surface area contributed by atoms with Gasteiger partial charge in [-0.2, -0.15) is 9.40 Å². The minimum Gasteiger partial charge on any atom is -0.296 e. The number of hydrogen-bond acceptors (Lipinski definition) is 4. The molecular weight excluding hydrogens is 364 g/mol. The van der Waals surface area contributed by atoms with Gasteiger partial charge in [0.1, 0.15) is 11.9 Å². The molecule has 1 aromatic heterocycles. The van der Waals surface area contributed by atoms with Gasteiger partial charge in [0.2, 0.25) is 15.9 Å². The first-order chi connectivity index (χ1) is 12.7. The highest BCUT2D eigenvalue weighted by molar-refractivity contribution is 7.88. The zero-order valence-electron chi connectivity index (χ0n) is 16.2. The summed E-state index contributed by atoms with van der Waals surface area (Å²) in [7, 11) is -1.79. The van der Waals surface area contributed by atoms with Gasteiger partial charge in [-0.3, -0.25) is 14.4 Å². The molecule has 2 aromatic rings. The van der Waals surface area contributed by atoms with E-state index in [2.05, 4.69) is 5.10 Å². The van der Waals surface area contributed by atoms with E-state index in [0.29, 0.717) is 18.8 Å². The van der Waals surface area contributed by atoms with Gasteiger partial charge in [0.25, 0.3) is 0 Å². The number of hydrogen-bond donors (Lipinski definition) is 0. The molecule has 0 N–H and O–H groups in total. The number of aryl methyl sites for hydroxylation is 3. The third-order valence-electron chi connectivity index (χ3n) is 4.88. The van der Waals surface area contributed by atoms with Crippen LogP contribution in [0.2, 0.25) is 0 Å². The number of anilines is 1. The van der Waals surface area contributed by atoms with E-state index in [1.807, 2.05) is 32.0 Å². The minimum absolute atomic E-state index is 0.191. The lowest BCUT2D eigenvalue weighted by atomic mass is 10.0. The maximum Gasteiger partial charge on any atom is 0.246 e. The number of benzene rings is 1. The van der Waals surface area contributed by atoms with E-state index in [-0.39, 0.29) is 12.5 Å². The lowest BCUT2D eigenvalue weighted by Gasteiger charge is -2.37. The van der Waals surface area contributed by atoms with Crippen LogP contribution in [0, 0.1) is 13.8 Å². The maximum atomic E-state index is 13.2. The van der Waals surface area contributed by atoms with Crippen molar-refractivity contribution >= 4 is 21.7 Å². The van der Waals surface area contributed by atoms with Crippen molar-refractivity contribution < 1.29 is 13.2 Å². The quantitative estimate of drug-likeness (QED) is 0.782. The Morgan fingerprint density at radius 3 is 2.44 bits per heavy atom. The van der Waals surface area contributed by atoms with Crippen molar-refractivity contribution in [1.82, 2.24) is 14.1 Å². The molecule has 146 valence electrons. The van der Waals surface area contributed by atoms with Crippen molar-refractivity contribution in [2.24, 2.45) is 7.05 Å². The van der Waals surface area contributed by atoms with E-state index in [0.717, 1.165) is 23.1 Å². The third kappa shape index (κ3) is 4.22. The fourth-order valence-corrected chi connectivity index (χ4v) is 4.82. The highest BCUT2D eigenvalue weighted by atomic mass is 32.2. The van der Waals surface area contributed by atoms with E-state index in [1.54, 1.807) is 28.9 Å². The zero-order chi connectivity index (χ0) is 19.8. The second kappa shape index (κ2) is 7.44. The summed E-state index contributed by atoms with van der Waals surface area (Å²) < 4.78 is 28.1. The van der Waals surface area contributed by atoms with E-state index in [1.165, 1.54) is 10.6 Å². The van der Waals surface area contributed by atoms with Gasteiger partial charge in [0, 0.05) is 26.2 Å². The highest BCUT2D eigenvalue weighted by Gasteiger charge is 2.38. The first-order valence-corrected chi connectivity index (χ1v) is 10.8. The van der Waals surface area contributed by atoms with Crippen molar-refractivity contribution in [1.29, 1.82) is 0 Å². The summed E-state index contributed by atoms with van der Waals surface area (Å²) in [5, 5.41) is 4.12. The summed E-state index contributed by atoms with van der Waals surface area (Å²) in [5.74, 6) is 0.490. The molecule has 0 spiro atoms. The smallest absolute Gasteiger partial charge is 0.246 e. The predicted molar refractivity (Wildman–Crippen MR) is 105 cm³/mol. The van der Waals surface area contributed by atoms with Crippen molar-refractivity contribution in [2.75, 3.05) is 17.7 Å². The molecule has 0 aliphatic carbocycles. The molecule has 3 rings (SSSR count). The Morgan fingerprint density at radius 2 is 1.89 bits per heavy atom. The van der Waals surface area contributed by atoms with Gasteiger partial charge in [0.15, 0.2) is 0 Å². The monoisotopic (exact) mass is 390 g/mol. The maximum absolute atomic E-state index is 13.2. The van der Waals surface area contributed by atoms with Crippen molar-refractivity contribution in [2.45, 2.75) is 39.3 Å². The first kappa shape index (κ1) is 19.6. The summed E-state index contributed by atoms with van der Waals surface area (Å²) in [6, 6.07) is 7.05. The van der Waals surface area contributed by atoms with E-state index >= 15 is 0 Å². The molecule has 8 heteroatoms. The number of carbonyl (C=O) groups is 1. The Bertz CT molecular complexity index is 931. The Morgan fingerprint density at radius 1 is 1.22 bits per heavy atom. The molecule has 1 atom stereocenters. The second-order valence-corrected chi connectivity index (χ2v) is 9.20. The standard InChI is InChI=1S/C19H26N4O3S/c1-14-10-15(2)12-16(11-14)13-23(27(4,25)26)17-6-5-9-22(19(17)24)18-7-8-20-21(18)3/h7-8,10-12,17H,5-6,9,13H2,1-4H3/t17-/m1/s1. The summed E-state index contributed by atoms with van der Waals surface area (Å²) in [5.41, 5.74) is 3.04. The average Bonchev–Trinajstić information content (AvgIpc) is 2.97. The fourth-order valence-electron chi connectivity index (χ4n) is 3.78. The number of piperidine rings is 1. The molecule has 1 saturated heterocycles. The molecule has 1 amide bonds. The van der Waals surface area contributed by atoms with Gasteiger partial charge in [-0.25, -0.2) is 8.42 Å². The Hall–Kier alpha value is -2.19. The Kier molecular flexibility index (Phi) is 5.39. The van der Waals surface area contributed by atoms with Gasteiger partial charge in [0.05, 0.1) is 12.5 Å². The number of rotatable bonds is 5. The highest BCUT2D eigenvalue weighted by Crippen LogP contribution is 2.26. The molecule has 0 radical (unpaired) electrons. The van der Waals surface area contributed by atoms with Crippen LogP contribution in [0.3, 0.4) is 0 Å². The van der Waals surface area contributed by atoms with Crippen molar-refractivity contribution in [3.8, 4) is 0 Å². The molecule has 27 heavy (non-hydrogen) atoms. The van der Waals surface area contributed by atoms with Crippen LogP contribution in [-0.2, 0) is 28.4 Å². The molecule has 2 heterocycles. The summed E-state index contributed by atoms with van der Waals surface area (Å²) in [4.78, 5) is 14.8. The van der Waals surface area contributed by atoms with E-state index in [4.69, 9.17) is 0 Å². The number of nitrogens with zero attached hydrogens (tertiary/aromatic N) is 4. The molecule has 1 aromatic carbocycles. The fraction of sp³-hybridized carbons (Fsp3) is 0.474. The normalized spacial score (nSPS) is 18.3. The summed E-state index contributed by atoms with van der Waals surface area (Å²) in [6.07, 6.45) is 4.06. The van der Waals surface area contributed by atoms with Crippen molar-refractivity contribution in [3.63, 3.8) is 0 Å². The van der Waals surface area contributed by atoms with Crippen LogP contribution in [0.4, 0.5) is 5.82 Å². The van der Waals surface area contributed by atoms with Crippen LogP contribution >= 0.6 is 0 Å². The van der Waals surface area contributed by atoms with Crippen LogP contribution in [0.5, 0.6) is 0 Å². The Balaban J connectivity index is 1.93. The molecule has 7 nitrogen and oxygen atoms in total. The van der Waals surface area contributed by atoms with Crippen LogP contribution in [-0.4, -0.2) is 47.3 Å². The molecule has 1 fully saturated rings. The van der Waals surface area contributed by atoms with Crippen LogP contribution in [0.15, 0.2) is 30.5 Å². The van der Waals surface area contributed by atoms with Gasteiger partial charge in [-0.15, -0.1) is 0 Å². The van der Waals surface area contributed by atoms with Crippen LogP contribution in [0.25, 0.3) is 0 Å². The zero-order valence-corrected chi connectivity index (χ0v) is 17.0. The number of carbonyl (C=O) groups excluding carboxylic acids is 1. The van der Waals surface area contributed by atoms with E-state index in [9.17, 15) is 13.2 Å². The van der Waals surface area contributed by atoms with Gasteiger partial charge >= 0.3 is 0 Å². The molecule has 0 bridgehead atoms. The molecule has 0 unspecified atom stereocenters. The third-order valence-corrected chi connectivity index (χ3v) is 6.11. The Labute approximate surface area is 160 Å². The average molecular weight is 391 g/mol. The minimum atomic E-state index is -3.56. The molecule has 0 saturated carbocycles. The second-order valence-electron chi connectivity index (χ2n) is 7.27. The molecular formula is C19H26N4O3S. The van der Waals surface area contributed by atoms with Gasteiger partial charge in [-0.05, 0) is 32.3 Å². The SMILES string of the molecule is Cc1cc(C)cc(CN([C@@H]2CCCN(c3ccnn3C)C2=O)S(C)(=O)=O)c1. The largest absolute Gasteiger partial charge is 0.296 e. The predicted octanol–water partition coefficient (Wildman–Crippen LogP) is 1.99. The number of amides is 1. The summed E-state index contributed by atoms with van der Waals surface area (Å²) >= 11 is 0. The number of sulfonamides is 1.